The van der Waals surface area contributed by atoms with Crippen LogP contribution < -0.4 is 10.3 Å². The summed E-state index contributed by atoms with van der Waals surface area (Å²) in [6.07, 6.45) is 0. The van der Waals surface area contributed by atoms with E-state index in [1.165, 1.54) is 24.3 Å². The summed E-state index contributed by atoms with van der Waals surface area (Å²) < 4.78 is 10.2. The molecule has 25 heavy (non-hydrogen) atoms. The largest absolute Gasteiger partial charge is 0.462 e. The van der Waals surface area contributed by atoms with Crippen molar-refractivity contribution in [3.05, 3.63) is 70.1 Å². The Morgan fingerprint density at radius 2 is 1.68 bits per heavy atom. The molecule has 1 aromatic heterocycles. The lowest BCUT2D eigenvalue weighted by atomic mass is 10.1. The number of aromatic amines is 1. The van der Waals surface area contributed by atoms with Crippen molar-refractivity contribution in [1.82, 2.24) is 10.2 Å². The first-order valence-corrected chi connectivity index (χ1v) is 7.57. The molecular weight excluding hydrogens is 324 g/mol. The van der Waals surface area contributed by atoms with Gasteiger partial charge in [0.1, 0.15) is 5.75 Å². The number of hydrogen-bond acceptors (Lipinski definition) is 6. The van der Waals surface area contributed by atoms with Crippen LogP contribution in [-0.2, 0) is 4.74 Å². The predicted octanol–water partition coefficient (Wildman–Crippen LogP) is 2.32. The molecule has 0 spiro atoms. The van der Waals surface area contributed by atoms with Crippen LogP contribution in [0, 0.1) is 0 Å². The monoisotopic (exact) mass is 338 g/mol. The van der Waals surface area contributed by atoms with Gasteiger partial charge in [-0.15, -0.1) is 0 Å². The number of ether oxygens (including phenoxy) is 2. The van der Waals surface area contributed by atoms with Crippen molar-refractivity contribution in [3.8, 4) is 5.75 Å². The summed E-state index contributed by atoms with van der Waals surface area (Å²) in [7, 11) is 0. The molecule has 126 valence electrons. The fourth-order valence-corrected chi connectivity index (χ4v) is 2.30. The van der Waals surface area contributed by atoms with Gasteiger partial charge in [0.25, 0.3) is 5.56 Å². The number of nitrogens with zero attached hydrogens (tertiary/aromatic N) is 1. The molecule has 3 rings (SSSR count). The van der Waals surface area contributed by atoms with E-state index in [2.05, 4.69) is 10.2 Å². The predicted molar refractivity (Wildman–Crippen MR) is 89.7 cm³/mol. The molecule has 7 heteroatoms. The molecule has 0 atom stereocenters. The molecule has 1 N–H and O–H groups in total. The minimum atomic E-state index is -0.712. The second-order valence-corrected chi connectivity index (χ2v) is 5.08. The van der Waals surface area contributed by atoms with Gasteiger partial charge in [-0.3, -0.25) is 4.79 Å². The van der Waals surface area contributed by atoms with Gasteiger partial charge in [-0.2, -0.15) is 5.10 Å². The van der Waals surface area contributed by atoms with Crippen molar-refractivity contribution in [1.29, 1.82) is 0 Å². The average Bonchev–Trinajstić information content (AvgIpc) is 2.63. The number of rotatable bonds is 4. The molecular formula is C18H14N2O5. The van der Waals surface area contributed by atoms with Crippen LogP contribution in [0.3, 0.4) is 0 Å². The minimum absolute atomic E-state index is 0.00432. The van der Waals surface area contributed by atoms with Crippen LogP contribution in [0.1, 0.15) is 27.8 Å². The summed E-state index contributed by atoms with van der Waals surface area (Å²) in [6, 6.07) is 12.6. The van der Waals surface area contributed by atoms with E-state index in [9.17, 15) is 14.4 Å². The van der Waals surface area contributed by atoms with Crippen LogP contribution in [0.2, 0.25) is 0 Å². The Balaban J connectivity index is 1.85. The molecule has 0 bridgehead atoms. The van der Waals surface area contributed by atoms with Crippen LogP contribution in [0.25, 0.3) is 10.8 Å². The van der Waals surface area contributed by atoms with Gasteiger partial charge in [0.2, 0.25) is 0 Å². The van der Waals surface area contributed by atoms with Gasteiger partial charge in [0.15, 0.2) is 5.69 Å². The molecule has 1 heterocycles. The lowest BCUT2D eigenvalue weighted by molar-refractivity contribution is 0.0526. The van der Waals surface area contributed by atoms with E-state index in [4.69, 9.17) is 9.47 Å². The van der Waals surface area contributed by atoms with E-state index in [0.717, 1.165) is 0 Å². The molecule has 0 fully saturated rings. The van der Waals surface area contributed by atoms with Gasteiger partial charge in [-0.1, -0.05) is 18.2 Å². The Morgan fingerprint density at radius 1 is 1.00 bits per heavy atom. The summed E-state index contributed by atoms with van der Waals surface area (Å²) in [5.74, 6) is -0.917. The van der Waals surface area contributed by atoms with Gasteiger partial charge >= 0.3 is 11.9 Å². The second kappa shape index (κ2) is 6.96. The van der Waals surface area contributed by atoms with Gasteiger partial charge in [-0.05, 0) is 37.3 Å². The highest BCUT2D eigenvalue weighted by molar-refractivity contribution is 6.02. The summed E-state index contributed by atoms with van der Waals surface area (Å²) in [6.45, 7) is 2.00. The first kappa shape index (κ1) is 16.4. The summed E-state index contributed by atoms with van der Waals surface area (Å²) in [4.78, 5) is 35.7. The van der Waals surface area contributed by atoms with Crippen LogP contribution in [0.5, 0.6) is 5.75 Å². The van der Waals surface area contributed by atoms with Gasteiger partial charge < -0.3 is 9.47 Å². The highest BCUT2D eigenvalue weighted by atomic mass is 16.5. The highest BCUT2D eigenvalue weighted by Gasteiger charge is 2.16. The number of fused-ring (bicyclic) bond motifs is 1. The number of carbonyl (C=O) groups is 2. The lowest BCUT2D eigenvalue weighted by Crippen LogP contribution is -2.17. The van der Waals surface area contributed by atoms with Crippen molar-refractivity contribution in [2.24, 2.45) is 0 Å². The minimum Gasteiger partial charge on any atom is -0.462 e. The third-order valence-corrected chi connectivity index (χ3v) is 3.47. The third-order valence-electron chi connectivity index (χ3n) is 3.47. The normalized spacial score (nSPS) is 10.4. The average molecular weight is 338 g/mol. The molecule has 0 saturated heterocycles. The quantitative estimate of drug-likeness (QED) is 0.579. The van der Waals surface area contributed by atoms with Gasteiger partial charge in [-0.25, -0.2) is 14.7 Å². The molecule has 3 aromatic rings. The van der Waals surface area contributed by atoms with Crippen LogP contribution in [-0.4, -0.2) is 28.7 Å². The standard InChI is InChI=1S/C18H14N2O5/c1-2-24-17(22)11-7-9-12(10-8-11)25-18(23)15-13-5-3-4-6-14(13)16(21)20-19-15/h3-10H,2H2,1H3,(H,20,21). The Kier molecular flexibility index (Phi) is 4.56. The molecule has 0 radical (unpaired) electrons. The zero-order chi connectivity index (χ0) is 17.8. The van der Waals surface area contributed by atoms with E-state index in [-0.39, 0.29) is 23.6 Å². The first-order chi connectivity index (χ1) is 12.1. The molecule has 0 aliphatic rings. The fraction of sp³-hybridized carbons (Fsp3) is 0.111. The van der Waals surface area contributed by atoms with Crippen LogP contribution in [0.15, 0.2) is 53.3 Å². The van der Waals surface area contributed by atoms with Crippen LogP contribution in [0.4, 0.5) is 0 Å². The molecule has 7 nitrogen and oxygen atoms in total. The number of aromatic nitrogens is 2. The molecule has 0 saturated carbocycles. The molecule has 0 aliphatic carbocycles. The zero-order valence-corrected chi connectivity index (χ0v) is 13.3. The van der Waals surface area contributed by atoms with Crippen molar-refractivity contribution in [2.75, 3.05) is 6.61 Å². The van der Waals surface area contributed by atoms with Crippen molar-refractivity contribution in [3.63, 3.8) is 0 Å². The maximum absolute atomic E-state index is 12.4. The van der Waals surface area contributed by atoms with Gasteiger partial charge in [0.05, 0.1) is 17.6 Å². The topological polar surface area (TPSA) is 98.3 Å². The van der Waals surface area contributed by atoms with E-state index in [0.29, 0.717) is 16.3 Å². The number of hydrogen-bond donors (Lipinski definition) is 1. The Morgan fingerprint density at radius 3 is 2.36 bits per heavy atom. The Bertz CT molecular complexity index is 992. The summed E-state index contributed by atoms with van der Waals surface area (Å²) in [5.41, 5.74) is -0.0233. The fourth-order valence-electron chi connectivity index (χ4n) is 2.30. The van der Waals surface area contributed by atoms with Crippen molar-refractivity contribution in [2.45, 2.75) is 6.92 Å². The molecule has 2 aromatic carbocycles. The van der Waals surface area contributed by atoms with E-state index < -0.39 is 11.9 Å². The number of esters is 2. The van der Waals surface area contributed by atoms with E-state index >= 15 is 0 Å². The SMILES string of the molecule is CCOC(=O)c1ccc(OC(=O)c2n[nH]c(=O)c3ccccc23)cc1. The summed E-state index contributed by atoms with van der Waals surface area (Å²) >= 11 is 0. The van der Waals surface area contributed by atoms with Crippen molar-refractivity contribution >= 4 is 22.7 Å². The number of nitrogens with one attached hydrogen (secondary N) is 1. The number of carbonyl (C=O) groups excluding carboxylic acids is 2. The Hall–Kier alpha value is -3.48. The van der Waals surface area contributed by atoms with Crippen molar-refractivity contribution < 1.29 is 19.1 Å². The van der Waals surface area contributed by atoms with E-state index in [1.54, 1.807) is 31.2 Å². The smallest absolute Gasteiger partial charge is 0.364 e. The maximum Gasteiger partial charge on any atom is 0.364 e. The lowest BCUT2D eigenvalue weighted by Gasteiger charge is -2.07. The van der Waals surface area contributed by atoms with Crippen LogP contribution >= 0.6 is 0 Å². The summed E-state index contributed by atoms with van der Waals surface area (Å²) in [5, 5.41) is 6.82. The Labute approximate surface area is 142 Å². The van der Waals surface area contributed by atoms with Gasteiger partial charge in [0, 0.05) is 5.39 Å². The maximum atomic E-state index is 12.4. The number of benzene rings is 2. The third kappa shape index (κ3) is 3.40. The molecule has 0 aliphatic heterocycles. The zero-order valence-electron chi connectivity index (χ0n) is 13.3. The van der Waals surface area contributed by atoms with E-state index in [1.807, 2.05) is 0 Å². The second-order valence-electron chi connectivity index (χ2n) is 5.08. The molecule has 0 unspecified atom stereocenters. The molecule has 0 amide bonds. The highest BCUT2D eigenvalue weighted by Crippen LogP contribution is 2.17. The number of H-pyrrole nitrogens is 1. The first-order valence-electron chi connectivity index (χ1n) is 7.57.